The third-order valence-electron chi connectivity index (χ3n) is 2.92. The van der Waals surface area contributed by atoms with Gasteiger partial charge >= 0.3 is 6.18 Å². The fraction of sp³-hybridized carbons (Fsp3) is 0.308. The molecule has 0 spiro atoms. The number of aryl methyl sites for hydroxylation is 1. The van der Waals surface area contributed by atoms with Crippen LogP contribution in [0, 0.1) is 0 Å². The highest BCUT2D eigenvalue weighted by molar-refractivity contribution is 6.05. The highest BCUT2D eigenvalue weighted by Crippen LogP contribution is 2.35. The molecule has 5 heteroatoms. The van der Waals surface area contributed by atoms with Gasteiger partial charge in [0, 0.05) is 11.1 Å². The van der Waals surface area contributed by atoms with Crippen molar-refractivity contribution in [3.8, 4) is 0 Å². The number of alkyl halides is 3. The Morgan fingerprint density at radius 3 is 2.50 bits per heavy atom. The van der Waals surface area contributed by atoms with Gasteiger partial charge < -0.3 is 4.74 Å². The van der Waals surface area contributed by atoms with Crippen molar-refractivity contribution in [1.82, 2.24) is 0 Å². The molecule has 0 aromatic heterocycles. The lowest BCUT2D eigenvalue weighted by Crippen LogP contribution is -2.27. The number of halogens is 3. The second-order valence-electron chi connectivity index (χ2n) is 4.00. The zero-order valence-corrected chi connectivity index (χ0v) is 9.67. The third-order valence-corrected chi connectivity index (χ3v) is 2.92. The molecule has 2 rings (SSSR count). The van der Waals surface area contributed by atoms with Crippen LogP contribution in [0.5, 0.6) is 0 Å². The van der Waals surface area contributed by atoms with Gasteiger partial charge in [0.2, 0.25) is 0 Å². The van der Waals surface area contributed by atoms with Crippen molar-refractivity contribution in [3.05, 3.63) is 41.0 Å². The van der Waals surface area contributed by atoms with Crippen molar-refractivity contribution in [2.75, 3.05) is 7.11 Å². The molecule has 0 saturated carbocycles. The van der Waals surface area contributed by atoms with E-state index in [1.807, 2.05) is 12.1 Å². The van der Waals surface area contributed by atoms with E-state index in [9.17, 15) is 18.0 Å². The minimum absolute atomic E-state index is 0.0409. The maximum absolute atomic E-state index is 12.5. The number of benzene rings is 1. The fourth-order valence-electron chi connectivity index (χ4n) is 2.12. The predicted molar refractivity (Wildman–Crippen MR) is 59.8 cm³/mol. The lowest BCUT2D eigenvalue weighted by atomic mass is 9.88. The molecule has 0 N–H and O–H groups in total. The molecule has 0 radical (unpaired) electrons. The number of ether oxygens (including phenoxy) is 1. The standard InChI is InChI=1S/C13H11F3O2/c1-18-11-9-5-3-2-4-8(9)6-7-10(11)12(17)13(14,15)16/h2-5H,6-7H2,1H3. The first kappa shape index (κ1) is 12.7. The number of carbonyl (C=O) groups excluding carboxylic acids is 1. The third kappa shape index (κ3) is 2.12. The van der Waals surface area contributed by atoms with Gasteiger partial charge in [0.05, 0.1) is 7.11 Å². The largest absolute Gasteiger partial charge is 0.496 e. The van der Waals surface area contributed by atoms with Crippen molar-refractivity contribution in [2.24, 2.45) is 0 Å². The molecule has 0 amide bonds. The molecule has 2 nitrogen and oxygen atoms in total. The first-order valence-corrected chi connectivity index (χ1v) is 5.42. The molecule has 0 bridgehead atoms. The van der Waals surface area contributed by atoms with Crippen molar-refractivity contribution >= 4 is 11.5 Å². The maximum Gasteiger partial charge on any atom is 0.454 e. The Kier molecular flexibility index (Phi) is 3.15. The van der Waals surface area contributed by atoms with E-state index >= 15 is 0 Å². The number of ketones is 1. The van der Waals surface area contributed by atoms with E-state index < -0.39 is 12.0 Å². The molecule has 0 unspecified atom stereocenters. The predicted octanol–water partition coefficient (Wildman–Crippen LogP) is 3.12. The summed E-state index contributed by atoms with van der Waals surface area (Å²) < 4.78 is 42.4. The van der Waals surface area contributed by atoms with E-state index in [4.69, 9.17) is 4.74 Å². The number of hydrogen-bond acceptors (Lipinski definition) is 2. The molecular weight excluding hydrogens is 245 g/mol. The average molecular weight is 256 g/mol. The number of fused-ring (bicyclic) bond motifs is 1. The number of methoxy groups -OCH3 is 1. The monoisotopic (exact) mass is 256 g/mol. The van der Waals surface area contributed by atoms with Gasteiger partial charge in [-0.1, -0.05) is 24.3 Å². The summed E-state index contributed by atoms with van der Waals surface area (Å²) in [7, 11) is 1.28. The van der Waals surface area contributed by atoms with Gasteiger partial charge in [-0.15, -0.1) is 0 Å². The quantitative estimate of drug-likeness (QED) is 0.812. The second-order valence-corrected chi connectivity index (χ2v) is 4.00. The fourth-order valence-corrected chi connectivity index (χ4v) is 2.12. The number of hydrogen-bond donors (Lipinski definition) is 0. The minimum Gasteiger partial charge on any atom is -0.496 e. The zero-order chi connectivity index (χ0) is 13.3. The van der Waals surface area contributed by atoms with Crippen molar-refractivity contribution in [3.63, 3.8) is 0 Å². The zero-order valence-electron chi connectivity index (χ0n) is 9.67. The van der Waals surface area contributed by atoms with E-state index in [1.165, 1.54) is 7.11 Å². The molecule has 1 aromatic carbocycles. The first-order chi connectivity index (χ1) is 8.45. The summed E-state index contributed by atoms with van der Waals surface area (Å²) in [6, 6.07) is 7.00. The maximum atomic E-state index is 12.5. The van der Waals surface area contributed by atoms with E-state index in [-0.39, 0.29) is 17.8 Å². The summed E-state index contributed by atoms with van der Waals surface area (Å²) in [5.74, 6) is -1.77. The van der Waals surface area contributed by atoms with Crippen molar-refractivity contribution in [2.45, 2.75) is 19.0 Å². The topological polar surface area (TPSA) is 26.3 Å². The van der Waals surface area contributed by atoms with Crippen LogP contribution in [0.3, 0.4) is 0 Å². The van der Waals surface area contributed by atoms with Gasteiger partial charge in [-0.25, -0.2) is 0 Å². The molecule has 1 aliphatic rings. The molecule has 96 valence electrons. The summed E-state index contributed by atoms with van der Waals surface area (Å²) in [5.41, 5.74) is 1.18. The van der Waals surface area contributed by atoms with E-state index in [1.54, 1.807) is 12.1 Å². The number of rotatable bonds is 2. The smallest absolute Gasteiger partial charge is 0.454 e. The summed E-state index contributed by atoms with van der Waals surface area (Å²) in [4.78, 5) is 11.3. The van der Waals surface area contributed by atoms with Gasteiger partial charge in [0.1, 0.15) is 5.76 Å². The number of allylic oxidation sites excluding steroid dienone is 1. The molecule has 0 heterocycles. The van der Waals surface area contributed by atoms with Crippen LogP contribution < -0.4 is 0 Å². The summed E-state index contributed by atoms with van der Waals surface area (Å²) in [5, 5.41) is 0. The molecule has 0 atom stereocenters. The first-order valence-electron chi connectivity index (χ1n) is 5.42. The second kappa shape index (κ2) is 4.48. The van der Waals surface area contributed by atoms with Crippen LogP contribution in [-0.2, 0) is 16.0 Å². The molecule has 1 aliphatic carbocycles. The van der Waals surface area contributed by atoms with Gasteiger partial charge in [-0.3, -0.25) is 4.79 Å². The van der Waals surface area contributed by atoms with E-state index in [2.05, 4.69) is 0 Å². The highest BCUT2D eigenvalue weighted by atomic mass is 19.4. The Balaban J connectivity index is 2.53. The normalized spacial score (nSPS) is 15.3. The van der Waals surface area contributed by atoms with E-state index in [0.29, 0.717) is 12.0 Å². The highest BCUT2D eigenvalue weighted by Gasteiger charge is 2.43. The molecule has 1 aromatic rings. The van der Waals surface area contributed by atoms with E-state index in [0.717, 1.165) is 5.56 Å². The van der Waals surface area contributed by atoms with Crippen LogP contribution in [-0.4, -0.2) is 19.1 Å². The molecule has 0 saturated heterocycles. The van der Waals surface area contributed by atoms with Gasteiger partial charge in [0.25, 0.3) is 5.78 Å². The summed E-state index contributed by atoms with van der Waals surface area (Å²) in [6.45, 7) is 0. The Morgan fingerprint density at radius 2 is 1.89 bits per heavy atom. The number of Topliss-reactive ketones (excluding diaryl/α,β-unsaturated/α-hetero) is 1. The summed E-state index contributed by atoms with van der Waals surface area (Å²) >= 11 is 0. The minimum atomic E-state index is -4.86. The molecule has 0 fully saturated rings. The van der Waals surface area contributed by atoms with Crippen molar-refractivity contribution in [1.29, 1.82) is 0 Å². The molecule has 0 aliphatic heterocycles. The van der Waals surface area contributed by atoms with Crippen LogP contribution in [0.4, 0.5) is 13.2 Å². The molecular formula is C13H11F3O2. The van der Waals surface area contributed by atoms with Gasteiger partial charge in [-0.2, -0.15) is 13.2 Å². The Bertz CT molecular complexity index is 515. The lowest BCUT2D eigenvalue weighted by Gasteiger charge is -2.22. The Morgan fingerprint density at radius 1 is 1.22 bits per heavy atom. The van der Waals surface area contributed by atoms with Crippen LogP contribution in [0.2, 0.25) is 0 Å². The Labute approximate surface area is 102 Å². The van der Waals surface area contributed by atoms with Gasteiger partial charge in [0.15, 0.2) is 0 Å². The summed E-state index contributed by atoms with van der Waals surface area (Å²) in [6.07, 6.45) is -4.38. The van der Waals surface area contributed by atoms with Crippen LogP contribution in [0.25, 0.3) is 5.76 Å². The average Bonchev–Trinajstić information content (AvgIpc) is 2.35. The van der Waals surface area contributed by atoms with Gasteiger partial charge in [-0.05, 0) is 18.4 Å². The number of carbonyl (C=O) groups is 1. The van der Waals surface area contributed by atoms with Crippen LogP contribution in [0.1, 0.15) is 17.5 Å². The molecule has 18 heavy (non-hydrogen) atoms. The SMILES string of the molecule is COC1=C(C(=O)C(F)(F)F)CCc2ccccc21. The lowest BCUT2D eigenvalue weighted by molar-refractivity contribution is -0.166. The van der Waals surface area contributed by atoms with Crippen LogP contribution >= 0.6 is 0 Å². The van der Waals surface area contributed by atoms with Crippen molar-refractivity contribution < 1.29 is 22.7 Å². The Hall–Kier alpha value is -1.78. The van der Waals surface area contributed by atoms with Crippen LogP contribution in [0.15, 0.2) is 29.8 Å².